The monoisotopic (exact) mass is 378 g/mol. The van der Waals surface area contributed by atoms with Gasteiger partial charge < -0.3 is 4.43 Å². The fourth-order valence-corrected chi connectivity index (χ4v) is 3.52. The van der Waals surface area contributed by atoms with Crippen molar-refractivity contribution < 1.29 is 17.6 Å². The third kappa shape index (κ3) is 5.76. The lowest BCUT2D eigenvalue weighted by atomic mass is 9.94. The summed E-state index contributed by atoms with van der Waals surface area (Å²) in [4.78, 5) is 0. The van der Waals surface area contributed by atoms with E-state index in [-0.39, 0.29) is 5.92 Å². The molecule has 0 amide bonds. The van der Waals surface area contributed by atoms with Crippen LogP contribution >= 0.6 is 0 Å². The Kier molecular flexibility index (Phi) is 6.34. The molecule has 140 valence electrons. The number of rotatable bonds is 6. The summed E-state index contributed by atoms with van der Waals surface area (Å²) < 4.78 is 44.7. The van der Waals surface area contributed by atoms with Crippen LogP contribution in [0.3, 0.4) is 0 Å². The molecule has 0 aliphatic carbocycles. The maximum Gasteiger partial charge on any atom is 0.416 e. The molecule has 1 nitrogen and oxygen atoms in total. The number of halogens is 3. The Balaban J connectivity index is 2.42. The minimum atomic E-state index is -4.34. The van der Waals surface area contributed by atoms with Crippen molar-refractivity contribution >= 4 is 14.1 Å². The third-order valence-corrected chi connectivity index (χ3v) is 4.77. The van der Waals surface area contributed by atoms with Gasteiger partial charge in [0.15, 0.2) is 0 Å². The van der Waals surface area contributed by atoms with Crippen molar-refractivity contribution in [1.82, 2.24) is 0 Å². The standard InChI is InChI=1S/C21H25F3OSi/c1-5-16(17-9-7-6-8-10-17)15-20(25-26(2,3)4)18-11-13-19(14-12-18)21(22,23)24/h6-16H,5H2,1-4H3/b20-15-/t16-/m1/s1. The molecule has 0 heterocycles. The Hall–Kier alpha value is -2.01. The molecule has 0 fully saturated rings. The highest BCUT2D eigenvalue weighted by Gasteiger charge is 2.30. The van der Waals surface area contributed by atoms with Crippen LogP contribution in [0.1, 0.15) is 36.0 Å². The molecule has 0 unspecified atom stereocenters. The Morgan fingerprint density at radius 1 is 1.00 bits per heavy atom. The number of hydrogen-bond acceptors (Lipinski definition) is 1. The zero-order chi connectivity index (χ0) is 19.4. The normalized spacial score (nSPS) is 14.2. The predicted molar refractivity (Wildman–Crippen MR) is 103 cm³/mol. The van der Waals surface area contributed by atoms with Crippen molar-refractivity contribution in [3.63, 3.8) is 0 Å². The molecular formula is C21H25F3OSi. The van der Waals surface area contributed by atoms with Crippen LogP contribution in [0.4, 0.5) is 13.2 Å². The molecule has 5 heteroatoms. The van der Waals surface area contributed by atoms with E-state index in [1.807, 2.05) is 24.3 Å². The van der Waals surface area contributed by atoms with Gasteiger partial charge in [-0.3, -0.25) is 0 Å². The van der Waals surface area contributed by atoms with Crippen LogP contribution in [-0.4, -0.2) is 8.32 Å². The minimum Gasteiger partial charge on any atom is -0.544 e. The average molecular weight is 379 g/mol. The van der Waals surface area contributed by atoms with Gasteiger partial charge in [0.1, 0.15) is 5.76 Å². The van der Waals surface area contributed by atoms with Crippen LogP contribution in [0, 0.1) is 0 Å². The van der Waals surface area contributed by atoms with Crippen LogP contribution in [0.5, 0.6) is 0 Å². The Labute approximate surface area is 154 Å². The lowest BCUT2D eigenvalue weighted by Gasteiger charge is -2.24. The Bertz CT molecular complexity index is 729. The summed E-state index contributed by atoms with van der Waals surface area (Å²) in [6.07, 6.45) is -1.42. The minimum absolute atomic E-state index is 0.143. The molecular weight excluding hydrogens is 353 g/mol. The quantitative estimate of drug-likeness (QED) is 0.385. The number of hydrogen-bond donors (Lipinski definition) is 0. The molecule has 26 heavy (non-hydrogen) atoms. The summed E-state index contributed by atoms with van der Waals surface area (Å²) in [6, 6.07) is 15.3. The smallest absolute Gasteiger partial charge is 0.416 e. The highest BCUT2D eigenvalue weighted by atomic mass is 28.4. The summed E-state index contributed by atoms with van der Waals surface area (Å²) in [6.45, 7) is 8.28. The van der Waals surface area contributed by atoms with Crippen molar-refractivity contribution in [3.8, 4) is 0 Å². The van der Waals surface area contributed by atoms with Gasteiger partial charge in [-0.05, 0) is 49.8 Å². The molecule has 1 atom stereocenters. The molecule has 2 rings (SSSR count). The second-order valence-electron chi connectivity index (χ2n) is 7.25. The van der Waals surface area contributed by atoms with Crippen LogP contribution in [0.2, 0.25) is 19.6 Å². The highest BCUT2D eigenvalue weighted by molar-refractivity contribution is 6.70. The van der Waals surface area contributed by atoms with Gasteiger partial charge in [0.2, 0.25) is 8.32 Å². The first-order chi connectivity index (χ1) is 12.1. The fraction of sp³-hybridized carbons (Fsp3) is 0.333. The van der Waals surface area contributed by atoms with Gasteiger partial charge in [0.25, 0.3) is 0 Å². The van der Waals surface area contributed by atoms with E-state index in [0.29, 0.717) is 11.3 Å². The molecule has 0 saturated heterocycles. The molecule has 0 saturated carbocycles. The highest BCUT2D eigenvalue weighted by Crippen LogP contribution is 2.32. The first-order valence-electron chi connectivity index (χ1n) is 8.73. The molecule has 2 aromatic carbocycles. The lowest BCUT2D eigenvalue weighted by molar-refractivity contribution is -0.137. The van der Waals surface area contributed by atoms with Gasteiger partial charge >= 0.3 is 6.18 Å². The van der Waals surface area contributed by atoms with Crippen molar-refractivity contribution in [2.45, 2.75) is 45.1 Å². The molecule has 0 bridgehead atoms. The Morgan fingerprint density at radius 2 is 1.58 bits per heavy atom. The second kappa shape index (κ2) is 8.12. The fourth-order valence-electron chi connectivity index (χ4n) is 2.68. The molecule has 0 aliphatic rings. The van der Waals surface area contributed by atoms with Gasteiger partial charge in [-0.15, -0.1) is 0 Å². The first-order valence-corrected chi connectivity index (χ1v) is 12.1. The molecule has 0 aromatic heterocycles. The van der Waals surface area contributed by atoms with E-state index in [2.05, 4.69) is 38.7 Å². The number of benzene rings is 2. The maximum atomic E-state index is 12.8. The summed E-state index contributed by atoms with van der Waals surface area (Å²) in [7, 11) is -1.92. The van der Waals surface area contributed by atoms with Crippen molar-refractivity contribution in [1.29, 1.82) is 0 Å². The van der Waals surface area contributed by atoms with E-state index < -0.39 is 20.1 Å². The Morgan fingerprint density at radius 3 is 2.04 bits per heavy atom. The van der Waals surface area contributed by atoms with E-state index in [1.54, 1.807) is 0 Å². The van der Waals surface area contributed by atoms with E-state index in [0.717, 1.165) is 18.6 Å². The molecule has 0 N–H and O–H groups in total. The average Bonchev–Trinajstić information content (AvgIpc) is 2.57. The lowest BCUT2D eigenvalue weighted by Crippen LogP contribution is -2.24. The van der Waals surface area contributed by atoms with E-state index in [9.17, 15) is 13.2 Å². The first kappa shape index (κ1) is 20.3. The van der Waals surface area contributed by atoms with Crippen LogP contribution in [-0.2, 0) is 10.6 Å². The largest absolute Gasteiger partial charge is 0.544 e. The summed E-state index contributed by atoms with van der Waals surface area (Å²) >= 11 is 0. The summed E-state index contributed by atoms with van der Waals surface area (Å²) in [5.74, 6) is 0.804. The molecule has 2 aromatic rings. The van der Waals surface area contributed by atoms with Gasteiger partial charge in [0.05, 0.1) is 5.56 Å². The van der Waals surface area contributed by atoms with E-state index >= 15 is 0 Å². The SMILES string of the molecule is CC[C@H](/C=C(\O[Si](C)(C)C)c1ccc(C(F)(F)F)cc1)c1ccccc1. The van der Waals surface area contributed by atoms with E-state index in [1.165, 1.54) is 17.7 Å². The zero-order valence-electron chi connectivity index (χ0n) is 15.6. The molecule has 0 aliphatic heterocycles. The van der Waals surface area contributed by atoms with Gasteiger partial charge in [-0.1, -0.05) is 49.4 Å². The third-order valence-electron chi connectivity index (χ3n) is 3.93. The molecule has 0 radical (unpaired) electrons. The van der Waals surface area contributed by atoms with Gasteiger partial charge in [-0.2, -0.15) is 13.2 Å². The van der Waals surface area contributed by atoms with Gasteiger partial charge in [-0.25, -0.2) is 0 Å². The number of allylic oxidation sites excluding steroid dienone is 1. The van der Waals surface area contributed by atoms with Gasteiger partial charge in [0, 0.05) is 11.5 Å². The summed E-state index contributed by atoms with van der Waals surface area (Å²) in [5, 5.41) is 0. The van der Waals surface area contributed by atoms with Crippen molar-refractivity contribution in [2.75, 3.05) is 0 Å². The van der Waals surface area contributed by atoms with Crippen LogP contribution in [0.25, 0.3) is 5.76 Å². The van der Waals surface area contributed by atoms with Crippen LogP contribution in [0.15, 0.2) is 60.7 Å². The zero-order valence-corrected chi connectivity index (χ0v) is 16.6. The van der Waals surface area contributed by atoms with E-state index in [4.69, 9.17) is 4.43 Å². The van der Waals surface area contributed by atoms with Crippen molar-refractivity contribution in [2.24, 2.45) is 0 Å². The maximum absolute atomic E-state index is 12.8. The van der Waals surface area contributed by atoms with Crippen molar-refractivity contribution in [3.05, 3.63) is 77.4 Å². The molecule has 0 spiro atoms. The van der Waals surface area contributed by atoms with Crippen LogP contribution < -0.4 is 0 Å². The topological polar surface area (TPSA) is 9.23 Å². The number of alkyl halides is 3. The summed E-state index contributed by atoms with van der Waals surface area (Å²) in [5.41, 5.74) is 1.19. The second-order valence-corrected chi connectivity index (χ2v) is 11.7. The predicted octanol–water partition coefficient (Wildman–Crippen LogP) is 7.09.